The number of rotatable bonds is 6. The number of carbonyl (C=O) groups excluding carboxylic acids is 2. The van der Waals surface area contributed by atoms with Crippen LogP contribution in [0.1, 0.15) is 34.3 Å². The molecule has 4 N–H and O–H groups in total. The number of hydrogen-bond donors (Lipinski definition) is 3. The molecule has 1 aliphatic rings. The van der Waals surface area contributed by atoms with Crippen molar-refractivity contribution in [3.05, 3.63) is 95.3 Å². The molecule has 0 saturated heterocycles. The summed E-state index contributed by atoms with van der Waals surface area (Å²) >= 11 is 0. The number of amides is 2. The molecule has 0 atom stereocenters. The van der Waals surface area contributed by atoms with Gasteiger partial charge in [0.05, 0.1) is 11.4 Å². The van der Waals surface area contributed by atoms with Crippen LogP contribution in [0.2, 0.25) is 0 Å². The van der Waals surface area contributed by atoms with E-state index < -0.39 is 0 Å². The molecule has 5 nitrogen and oxygen atoms in total. The molecule has 156 valence electrons. The monoisotopic (exact) mass is 415 g/mol. The van der Waals surface area contributed by atoms with Crippen molar-refractivity contribution in [2.45, 2.75) is 18.9 Å². The molecule has 0 bridgehead atoms. The van der Waals surface area contributed by atoms with E-state index in [9.17, 15) is 14.0 Å². The number of halogens is 1. The van der Waals surface area contributed by atoms with Crippen molar-refractivity contribution in [1.29, 1.82) is 0 Å². The van der Waals surface area contributed by atoms with Crippen molar-refractivity contribution in [1.82, 2.24) is 5.32 Å². The van der Waals surface area contributed by atoms with Gasteiger partial charge in [0.2, 0.25) is 0 Å². The molecule has 0 heterocycles. The minimum Gasteiger partial charge on any atom is -0.397 e. The van der Waals surface area contributed by atoms with Gasteiger partial charge in [0.25, 0.3) is 11.8 Å². The SMILES string of the molecule is Nc1ccccc1NC(=O)c1cccc(/C=C(/C(=O)NC2CC2)c2ccc(F)cc2)c1. The average Bonchev–Trinajstić information content (AvgIpc) is 3.58. The Kier molecular flexibility index (Phi) is 5.80. The van der Waals surface area contributed by atoms with Gasteiger partial charge in [-0.2, -0.15) is 0 Å². The zero-order valence-corrected chi connectivity index (χ0v) is 16.8. The summed E-state index contributed by atoms with van der Waals surface area (Å²) in [5, 5.41) is 5.77. The van der Waals surface area contributed by atoms with Crippen LogP contribution in [0.3, 0.4) is 0 Å². The maximum Gasteiger partial charge on any atom is 0.255 e. The normalized spacial score (nSPS) is 13.5. The lowest BCUT2D eigenvalue weighted by Crippen LogP contribution is -2.26. The minimum atomic E-state index is -0.371. The predicted molar refractivity (Wildman–Crippen MR) is 121 cm³/mol. The van der Waals surface area contributed by atoms with Crippen molar-refractivity contribution in [2.24, 2.45) is 0 Å². The van der Waals surface area contributed by atoms with E-state index in [0.29, 0.717) is 33.6 Å². The van der Waals surface area contributed by atoms with Gasteiger partial charge in [-0.3, -0.25) is 9.59 Å². The lowest BCUT2D eigenvalue weighted by Gasteiger charge is -2.10. The molecule has 0 unspecified atom stereocenters. The predicted octanol–water partition coefficient (Wildman–Crippen LogP) is 4.48. The van der Waals surface area contributed by atoms with E-state index in [0.717, 1.165) is 12.8 Å². The maximum atomic E-state index is 13.4. The minimum absolute atomic E-state index is 0.185. The molecule has 0 radical (unpaired) electrons. The summed E-state index contributed by atoms with van der Waals surface area (Å²) in [6.45, 7) is 0. The first-order valence-electron chi connectivity index (χ1n) is 10.0. The maximum absolute atomic E-state index is 13.4. The summed E-state index contributed by atoms with van der Waals surface area (Å²) in [4.78, 5) is 25.5. The van der Waals surface area contributed by atoms with E-state index in [1.807, 2.05) is 6.07 Å². The van der Waals surface area contributed by atoms with Crippen molar-refractivity contribution in [3.8, 4) is 0 Å². The fourth-order valence-corrected chi connectivity index (χ4v) is 3.14. The van der Waals surface area contributed by atoms with Crippen LogP contribution in [0.5, 0.6) is 0 Å². The van der Waals surface area contributed by atoms with Gasteiger partial charge >= 0.3 is 0 Å². The molecule has 31 heavy (non-hydrogen) atoms. The van der Waals surface area contributed by atoms with Gasteiger partial charge in [-0.05, 0) is 66.4 Å². The Morgan fingerprint density at radius 2 is 1.68 bits per heavy atom. The highest BCUT2D eigenvalue weighted by Crippen LogP contribution is 2.24. The number of benzene rings is 3. The van der Waals surface area contributed by atoms with E-state index in [4.69, 9.17) is 5.73 Å². The summed E-state index contributed by atoms with van der Waals surface area (Å²) in [7, 11) is 0. The lowest BCUT2D eigenvalue weighted by molar-refractivity contribution is -0.115. The molecule has 4 rings (SSSR count). The number of nitrogens with one attached hydrogen (secondary N) is 2. The fourth-order valence-electron chi connectivity index (χ4n) is 3.14. The first-order chi connectivity index (χ1) is 15.0. The first-order valence-corrected chi connectivity index (χ1v) is 10.0. The third-order valence-corrected chi connectivity index (χ3v) is 4.98. The number of anilines is 2. The average molecular weight is 415 g/mol. The summed E-state index contributed by atoms with van der Waals surface area (Å²) in [6.07, 6.45) is 3.63. The summed E-state index contributed by atoms with van der Waals surface area (Å²) in [6, 6.07) is 19.9. The highest BCUT2D eigenvalue weighted by molar-refractivity contribution is 6.24. The molecule has 0 aromatic heterocycles. The molecular weight excluding hydrogens is 393 g/mol. The number of hydrogen-bond acceptors (Lipinski definition) is 3. The van der Waals surface area contributed by atoms with Crippen molar-refractivity contribution in [2.75, 3.05) is 11.1 Å². The Labute approximate surface area is 179 Å². The Morgan fingerprint density at radius 1 is 0.935 bits per heavy atom. The van der Waals surface area contributed by atoms with Crippen LogP contribution in [0, 0.1) is 5.82 Å². The van der Waals surface area contributed by atoms with E-state index in [1.165, 1.54) is 12.1 Å². The van der Waals surface area contributed by atoms with E-state index in [1.54, 1.807) is 60.7 Å². The van der Waals surface area contributed by atoms with Crippen LogP contribution < -0.4 is 16.4 Å². The largest absolute Gasteiger partial charge is 0.397 e. The van der Waals surface area contributed by atoms with Gasteiger partial charge in [0.15, 0.2) is 0 Å². The molecule has 0 spiro atoms. The zero-order chi connectivity index (χ0) is 21.8. The summed E-state index contributed by atoms with van der Waals surface area (Å²) in [5.74, 6) is -0.899. The standard InChI is InChI=1S/C25H22FN3O2/c26-19-10-8-17(9-11-19)21(25(31)28-20-12-13-20)15-16-4-3-5-18(14-16)24(30)29-23-7-2-1-6-22(23)27/h1-11,14-15,20H,12-13,27H2,(H,28,31)(H,29,30)/b21-15+. The summed E-state index contributed by atoms with van der Waals surface area (Å²) in [5.41, 5.74) is 9.03. The Balaban J connectivity index is 1.62. The third-order valence-electron chi connectivity index (χ3n) is 4.98. The topological polar surface area (TPSA) is 84.2 Å². The molecule has 0 aliphatic heterocycles. The van der Waals surface area contributed by atoms with Gasteiger partial charge in [0, 0.05) is 17.2 Å². The molecule has 1 saturated carbocycles. The second-order valence-electron chi connectivity index (χ2n) is 7.48. The highest BCUT2D eigenvalue weighted by atomic mass is 19.1. The third kappa shape index (κ3) is 5.17. The summed E-state index contributed by atoms with van der Waals surface area (Å²) < 4.78 is 13.4. The van der Waals surface area contributed by atoms with Gasteiger partial charge in [-0.1, -0.05) is 36.4 Å². The zero-order valence-electron chi connectivity index (χ0n) is 16.8. The molecular formula is C25H22FN3O2. The Morgan fingerprint density at radius 3 is 2.39 bits per heavy atom. The molecule has 2 amide bonds. The lowest BCUT2D eigenvalue weighted by atomic mass is 10.0. The number of carbonyl (C=O) groups is 2. The molecule has 6 heteroatoms. The molecule has 1 fully saturated rings. The van der Waals surface area contributed by atoms with Crippen LogP contribution in [0.25, 0.3) is 11.6 Å². The van der Waals surface area contributed by atoms with Gasteiger partial charge in [-0.15, -0.1) is 0 Å². The van der Waals surface area contributed by atoms with Gasteiger partial charge in [-0.25, -0.2) is 4.39 Å². The molecule has 3 aromatic carbocycles. The van der Waals surface area contributed by atoms with Crippen LogP contribution in [0.15, 0.2) is 72.8 Å². The number of nitrogen functional groups attached to an aromatic ring is 1. The van der Waals surface area contributed by atoms with Crippen molar-refractivity contribution < 1.29 is 14.0 Å². The van der Waals surface area contributed by atoms with Crippen LogP contribution in [-0.4, -0.2) is 17.9 Å². The Hall–Kier alpha value is -3.93. The first kappa shape index (κ1) is 20.3. The quantitative estimate of drug-likeness (QED) is 0.315. The van der Waals surface area contributed by atoms with Gasteiger partial charge < -0.3 is 16.4 Å². The second kappa shape index (κ2) is 8.83. The van der Waals surface area contributed by atoms with Crippen LogP contribution in [-0.2, 0) is 4.79 Å². The number of nitrogens with two attached hydrogens (primary N) is 1. The van der Waals surface area contributed by atoms with Crippen molar-refractivity contribution >= 4 is 34.8 Å². The van der Waals surface area contributed by atoms with E-state index in [2.05, 4.69) is 10.6 Å². The van der Waals surface area contributed by atoms with E-state index >= 15 is 0 Å². The molecule has 1 aliphatic carbocycles. The van der Waals surface area contributed by atoms with Crippen LogP contribution >= 0.6 is 0 Å². The van der Waals surface area contributed by atoms with E-state index in [-0.39, 0.29) is 23.7 Å². The fraction of sp³-hybridized carbons (Fsp3) is 0.120. The number of para-hydroxylation sites is 2. The Bertz CT molecular complexity index is 1150. The van der Waals surface area contributed by atoms with Crippen molar-refractivity contribution in [3.63, 3.8) is 0 Å². The van der Waals surface area contributed by atoms with Crippen LogP contribution in [0.4, 0.5) is 15.8 Å². The smallest absolute Gasteiger partial charge is 0.255 e. The second-order valence-corrected chi connectivity index (χ2v) is 7.48. The van der Waals surface area contributed by atoms with Gasteiger partial charge in [0.1, 0.15) is 5.82 Å². The highest BCUT2D eigenvalue weighted by Gasteiger charge is 2.25. The molecule has 3 aromatic rings.